The van der Waals surface area contributed by atoms with Gasteiger partial charge in [0.05, 0.1) is 5.70 Å². The molecule has 0 fully saturated rings. The number of hydrogen-bond acceptors (Lipinski definition) is 2. The number of carbonyl (C=O) groups excluding carboxylic acids is 1. The molecule has 1 aliphatic heterocycles. The van der Waals surface area contributed by atoms with Gasteiger partial charge in [-0.25, -0.2) is 0 Å². The Morgan fingerprint density at radius 2 is 1.86 bits per heavy atom. The second-order valence-electron chi connectivity index (χ2n) is 8.33. The first-order valence-corrected chi connectivity index (χ1v) is 10.8. The van der Waals surface area contributed by atoms with Gasteiger partial charge in [-0.2, -0.15) is 0 Å². The summed E-state index contributed by atoms with van der Waals surface area (Å²) in [5, 5.41) is 11.3. The standard InChI is InChI=1S/C26H39NO2/c1-10-13-21(12-3)26(29)27-15-14-22(25(28)24(27)19(8)11-2)23(18(6)7)20(9)16-17(4)5/h12,14-15,17,28H,6,10-11,13,16H2,1-5,7-9H3/b21-12-,23-20+,24-19-. The van der Waals surface area contributed by atoms with Gasteiger partial charge < -0.3 is 5.11 Å². The molecule has 0 aromatic carbocycles. The maximum absolute atomic E-state index is 13.2. The summed E-state index contributed by atoms with van der Waals surface area (Å²) in [6.07, 6.45) is 8.84. The quantitative estimate of drug-likeness (QED) is 0.340. The van der Waals surface area contributed by atoms with Crippen LogP contribution in [0.4, 0.5) is 0 Å². The molecule has 0 saturated heterocycles. The SMILES string of the molecule is C=C(C)/C(C1=C(O)/C(=C(\C)CC)N(C(=O)/C(=C\C)CCC)C=C1)=C(/C)CC(C)C. The molecule has 29 heavy (non-hydrogen) atoms. The molecular weight excluding hydrogens is 358 g/mol. The molecule has 0 atom stereocenters. The molecule has 1 heterocycles. The van der Waals surface area contributed by atoms with Gasteiger partial charge in [0.25, 0.3) is 5.91 Å². The maximum Gasteiger partial charge on any atom is 0.258 e. The molecule has 0 aliphatic carbocycles. The lowest BCUT2D eigenvalue weighted by molar-refractivity contribution is -0.123. The smallest absolute Gasteiger partial charge is 0.258 e. The van der Waals surface area contributed by atoms with E-state index in [4.69, 9.17) is 0 Å². The Morgan fingerprint density at radius 3 is 2.31 bits per heavy atom. The maximum atomic E-state index is 13.2. The van der Waals surface area contributed by atoms with E-state index in [-0.39, 0.29) is 11.7 Å². The first kappa shape index (κ1) is 24.7. The monoisotopic (exact) mass is 397 g/mol. The number of aliphatic hydroxyl groups is 1. The number of aliphatic hydroxyl groups excluding tert-OH is 1. The second-order valence-corrected chi connectivity index (χ2v) is 8.33. The van der Waals surface area contributed by atoms with Crippen molar-refractivity contribution < 1.29 is 9.90 Å². The van der Waals surface area contributed by atoms with Gasteiger partial charge in [0.15, 0.2) is 0 Å². The van der Waals surface area contributed by atoms with Gasteiger partial charge in [0.2, 0.25) is 0 Å². The fourth-order valence-electron chi connectivity index (χ4n) is 3.83. The highest BCUT2D eigenvalue weighted by Crippen LogP contribution is 2.36. The largest absolute Gasteiger partial charge is 0.505 e. The molecule has 0 aromatic rings. The average Bonchev–Trinajstić information content (AvgIpc) is 2.65. The number of amides is 1. The molecule has 0 unspecified atom stereocenters. The van der Waals surface area contributed by atoms with Crippen LogP contribution < -0.4 is 0 Å². The number of rotatable bonds is 8. The number of allylic oxidation sites excluding steroid dienone is 7. The summed E-state index contributed by atoms with van der Waals surface area (Å²) in [5.74, 6) is 0.600. The number of carbonyl (C=O) groups is 1. The third-order valence-electron chi connectivity index (χ3n) is 5.24. The van der Waals surface area contributed by atoms with E-state index in [1.54, 1.807) is 11.1 Å². The zero-order valence-corrected chi connectivity index (χ0v) is 19.6. The molecule has 1 N–H and O–H groups in total. The minimum Gasteiger partial charge on any atom is -0.505 e. The van der Waals surface area contributed by atoms with Gasteiger partial charge in [-0.1, -0.05) is 57.9 Å². The Morgan fingerprint density at radius 1 is 1.24 bits per heavy atom. The van der Waals surface area contributed by atoms with Crippen molar-refractivity contribution in [1.82, 2.24) is 4.90 Å². The summed E-state index contributed by atoms with van der Waals surface area (Å²) >= 11 is 0. The van der Waals surface area contributed by atoms with Crippen molar-refractivity contribution in [2.24, 2.45) is 5.92 Å². The van der Waals surface area contributed by atoms with E-state index in [0.29, 0.717) is 11.6 Å². The molecule has 1 aliphatic rings. The van der Waals surface area contributed by atoms with E-state index in [0.717, 1.165) is 53.5 Å². The highest BCUT2D eigenvalue weighted by molar-refractivity contribution is 5.96. The molecule has 160 valence electrons. The lowest BCUT2D eigenvalue weighted by Crippen LogP contribution is -2.31. The fourth-order valence-corrected chi connectivity index (χ4v) is 3.83. The van der Waals surface area contributed by atoms with Gasteiger partial charge in [0.1, 0.15) is 5.76 Å². The van der Waals surface area contributed by atoms with Crippen molar-refractivity contribution in [3.8, 4) is 0 Å². The summed E-state index contributed by atoms with van der Waals surface area (Å²) in [7, 11) is 0. The molecule has 3 heteroatoms. The van der Waals surface area contributed by atoms with E-state index in [9.17, 15) is 9.90 Å². The van der Waals surface area contributed by atoms with Crippen LogP contribution in [0.1, 0.15) is 81.1 Å². The van der Waals surface area contributed by atoms with Gasteiger partial charge in [0, 0.05) is 17.3 Å². The molecule has 0 aromatic heterocycles. The number of hydrogen-bond donors (Lipinski definition) is 1. The van der Waals surface area contributed by atoms with Gasteiger partial charge in [-0.3, -0.25) is 9.69 Å². The number of nitrogens with zero attached hydrogens (tertiary/aromatic N) is 1. The first-order valence-electron chi connectivity index (χ1n) is 10.8. The molecular formula is C26H39NO2. The molecule has 0 spiro atoms. The topological polar surface area (TPSA) is 40.5 Å². The highest BCUT2D eigenvalue weighted by atomic mass is 16.3. The fraction of sp³-hybridized carbons (Fsp3) is 0.500. The highest BCUT2D eigenvalue weighted by Gasteiger charge is 2.29. The van der Waals surface area contributed by atoms with Crippen molar-refractivity contribution >= 4 is 5.91 Å². The molecule has 1 rings (SSSR count). The minimum atomic E-state index is -0.0706. The van der Waals surface area contributed by atoms with Crippen LogP contribution in [-0.2, 0) is 4.79 Å². The van der Waals surface area contributed by atoms with Crippen LogP contribution in [0.3, 0.4) is 0 Å². The third kappa shape index (κ3) is 5.85. The van der Waals surface area contributed by atoms with E-state index in [1.807, 2.05) is 39.8 Å². The van der Waals surface area contributed by atoms with Gasteiger partial charge in [-0.05, 0) is 70.1 Å². The minimum absolute atomic E-state index is 0.0706. The van der Waals surface area contributed by atoms with E-state index in [1.165, 1.54) is 5.57 Å². The van der Waals surface area contributed by atoms with Crippen LogP contribution in [-0.4, -0.2) is 15.9 Å². The Bertz CT molecular complexity index is 801. The van der Waals surface area contributed by atoms with Crippen molar-refractivity contribution in [3.05, 3.63) is 69.8 Å². The van der Waals surface area contributed by atoms with Crippen LogP contribution in [0.2, 0.25) is 0 Å². The molecule has 0 saturated carbocycles. The Balaban J connectivity index is 3.63. The summed E-state index contributed by atoms with van der Waals surface area (Å²) in [6.45, 7) is 20.6. The predicted octanol–water partition coefficient (Wildman–Crippen LogP) is 7.52. The molecule has 0 bridgehead atoms. The first-order chi connectivity index (χ1) is 13.6. The Kier molecular flexibility index (Phi) is 9.42. The summed E-state index contributed by atoms with van der Waals surface area (Å²) in [4.78, 5) is 14.8. The van der Waals surface area contributed by atoms with Gasteiger partial charge >= 0.3 is 0 Å². The zero-order valence-electron chi connectivity index (χ0n) is 19.6. The van der Waals surface area contributed by atoms with Crippen LogP contribution in [0.5, 0.6) is 0 Å². The summed E-state index contributed by atoms with van der Waals surface area (Å²) < 4.78 is 0. The van der Waals surface area contributed by atoms with E-state index >= 15 is 0 Å². The molecule has 3 nitrogen and oxygen atoms in total. The lowest BCUT2D eigenvalue weighted by Gasteiger charge is -2.30. The summed E-state index contributed by atoms with van der Waals surface area (Å²) in [5.41, 5.74) is 6.20. The summed E-state index contributed by atoms with van der Waals surface area (Å²) in [6, 6.07) is 0. The lowest BCUT2D eigenvalue weighted by atomic mass is 9.88. The predicted molar refractivity (Wildman–Crippen MR) is 124 cm³/mol. The van der Waals surface area contributed by atoms with Crippen LogP contribution >= 0.6 is 0 Å². The van der Waals surface area contributed by atoms with Gasteiger partial charge in [-0.15, -0.1) is 0 Å². The molecule has 1 amide bonds. The van der Waals surface area contributed by atoms with Crippen LogP contribution in [0.15, 0.2) is 69.8 Å². The van der Waals surface area contributed by atoms with Crippen LogP contribution in [0.25, 0.3) is 0 Å². The van der Waals surface area contributed by atoms with E-state index in [2.05, 4.69) is 34.3 Å². The Labute approximate surface area is 177 Å². The zero-order chi connectivity index (χ0) is 22.3. The van der Waals surface area contributed by atoms with Crippen molar-refractivity contribution in [3.63, 3.8) is 0 Å². The van der Waals surface area contributed by atoms with Crippen LogP contribution in [0, 0.1) is 5.92 Å². The van der Waals surface area contributed by atoms with E-state index < -0.39 is 0 Å². The average molecular weight is 398 g/mol. The van der Waals surface area contributed by atoms with Crippen molar-refractivity contribution in [2.75, 3.05) is 0 Å². The Hall–Kier alpha value is -2.29. The normalized spacial score (nSPS) is 17.7. The third-order valence-corrected chi connectivity index (χ3v) is 5.24. The van der Waals surface area contributed by atoms with Crippen molar-refractivity contribution in [1.29, 1.82) is 0 Å². The van der Waals surface area contributed by atoms with Crippen molar-refractivity contribution in [2.45, 2.75) is 81.1 Å². The molecule has 0 radical (unpaired) electrons. The second kappa shape index (κ2) is 11.0.